The fourth-order valence-corrected chi connectivity index (χ4v) is 3.85. The quantitative estimate of drug-likeness (QED) is 0.640. The van der Waals surface area contributed by atoms with Gasteiger partial charge in [0.2, 0.25) is 0 Å². The van der Waals surface area contributed by atoms with E-state index in [-0.39, 0.29) is 0 Å². The van der Waals surface area contributed by atoms with Gasteiger partial charge in [-0.05, 0) is 73.5 Å². The van der Waals surface area contributed by atoms with Crippen LogP contribution in [0.25, 0.3) is 0 Å². The summed E-state index contributed by atoms with van der Waals surface area (Å²) in [6, 6.07) is 16.7. The molecule has 5 nitrogen and oxygen atoms in total. The minimum atomic E-state index is 0.293. The monoisotopic (exact) mass is 413 g/mol. The Morgan fingerprint density at radius 3 is 2.07 bits per heavy atom. The maximum absolute atomic E-state index is 5.53. The number of ether oxygens (including phenoxy) is 2. The standard InChI is InChI=1S/C23H31N3O2S/c1-27-20-10-6-18(7-11-20)16-24-23(29)25-17-22(26-14-4-3-5-15-26)19-8-12-21(28-2)13-9-19/h6-13,22H,3-5,14-17H2,1-2H3,(H2,24,25,29)/t22-/m1/s1. The predicted molar refractivity (Wildman–Crippen MR) is 122 cm³/mol. The molecule has 6 heteroatoms. The molecule has 2 aromatic carbocycles. The van der Waals surface area contributed by atoms with Crippen LogP contribution in [-0.2, 0) is 6.54 Å². The van der Waals surface area contributed by atoms with Crippen molar-refractivity contribution >= 4 is 17.3 Å². The average molecular weight is 414 g/mol. The maximum atomic E-state index is 5.53. The molecular weight excluding hydrogens is 382 g/mol. The summed E-state index contributed by atoms with van der Waals surface area (Å²) in [5.41, 5.74) is 2.45. The highest BCUT2D eigenvalue weighted by Crippen LogP contribution is 2.25. The van der Waals surface area contributed by atoms with Crippen LogP contribution < -0.4 is 20.1 Å². The van der Waals surface area contributed by atoms with Crippen molar-refractivity contribution in [3.8, 4) is 11.5 Å². The molecule has 1 heterocycles. The van der Waals surface area contributed by atoms with Crippen molar-refractivity contribution in [3.63, 3.8) is 0 Å². The van der Waals surface area contributed by atoms with Gasteiger partial charge in [0.1, 0.15) is 11.5 Å². The maximum Gasteiger partial charge on any atom is 0.166 e. The van der Waals surface area contributed by atoms with E-state index in [9.17, 15) is 0 Å². The van der Waals surface area contributed by atoms with Crippen LogP contribution in [-0.4, -0.2) is 43.9 Å². The van der Waals surface area contributed by atoms with Crippen LogP contribution in [0.5, 0.6) is 11.5 Å². The average Bonchev–Trinajstić information content (AvgIpc) is 2.79. The summed E-state index contributed by atoms with van der Waals surface area (Å²) in [5.74, 6) is 1.74. The van der Waals surface area contributed by atoms with Crippen LogP contribution in [0.3, 0.4) is 0 Å². The second-order valence-electron chi connectivity index (χ2n) is 7.30. The smallest absolute Gasteiger partial charge is 0.166 e. The number of likely N-dealkylation sites (tertiary alicyclic amines) is 1. The molecular formula is C23H31N3O2S. The van der Waals surface area contributed by atoms with E-state index in [1.807, 2.05) is 36.4 Å². The third-order valence-electron chi connectivity index (χ3n) is 5.40. The van der Waals surface area contributed by atoms with Crippen molar-refractivity contribution in [2.24, 2.45) is 0 Å². The van der Waals surface area contributed by atoms with Gasteiger partial charge in [0.25, 0.3) is 0 Å². The van der Waals surface area contributed by atoms with Gasteiger partial charge in [0.15, 0.2) is 5.11 Å². The molecule has 2 N–H and O–H groups in total. The summed E-state index contributed by atoms with van der Waals surface area (Å²) in [7, 11) is 3.37. The van der Waals surface area contributed by atoms with Gasteiger partial charge >= 0.3 is 0 Å². The van der Waals surface area contributed by atoms with Gasteiger partial charge in [-0.1, -0.05) is 30.7 Å². The number of hydrogen-bond acceptors (Lipinski definition) is 4. The summed E-state index contributed by atoms with van der Waals surface area (Å²) in [6.45, 7) is 3.72. The van der Waals surface area contributed by atoms with E-state index in [1.54, 1.807) is 14.2 Å². The number of nitrogens with one attached hydrogen (secondary N) is 2. The van der Waals surface area contributed by atoms with Gasteiger partial charge in [-0.2, -0.15) is 0 Å². The molecule has 1 saturated heterocycles. The summed E-state index contributed by atoms with van der Waals surface area (Å²) in [5, 5.41) is 7.41. The first kappa shape index (κ1) is 21.4. The molecule has 0 bridgehead atoms. The van der Waals surface area contributed by atoms with E-state index in [1.165, 1.54) is 24.8 Å². The number of hydrogen-bond donors (Lipinski definition) is 2. The Morgan fingerprint density at radius 2 is 1.48 bits per heavy atom. The lowest BCUT2D eigenvalue weighted by atomic mass is 10.0. The molecule has 1 fully saturated rings. The van der Waals surface area contributed by atoms with Gasteiger partial charge < -0.3 is 20.1 Å². The molecule has 0 unspecified atom stereocenters. The number of rotatable bonds is 8. The topological polar surface area (TPSA) is 45.8 Å². The molecule has 0 amide bonds. The molecule has 2 aromatic rings. The fraction of sp³-hybridized carbons (Fsp3) is 0.435. The lowest BCUT2D eigenvalue weighted by molar-refractivity contribution is 0.164. The predicted octanol–water partition coefficient (Wildman–Crippen LogP) is 3.90. The molecule has 3 rings (SSSR count). The van der Waals surface area contributed by atoms with E-state index in [0.717, 1.165) is 36.7 Å². The summed E-state index contributed by atoms with van der Waals surface area (Å²) in [6.07, 6.45) is 3.83. The molecule has 1 atom stereocenters. The van der Waals surface area contributed by atoms with Crippen molar-refractivity contribution in [1.29, 1.82) is 0 Å². The fourth-order valence-electron chi connectivity index (χ4n) is 3.69. The highest BCUT2D eigenvalue weighted by Gasteiger charge is 2.22. The zero-order valence-corrected chi connectivity index (χ0v) is 18.1. The Balaban J connectivity index is 1.56. The van der Waals surface area contributed by atoms with Crippen molar-refractivity contribution < 1.29 is 9.47 Å². The van der Waals surface area contributed by atoms with E-state index in [4.69, 9.17) is 21.7 Å². The third kappa shape index (κ3) is 6.34. The van der Waals surface area contributed by atoms with Gasteiger partial charge in [-0.15, -0.1) is 0 Å². The van der Waals surface area contributed by atoms with Crippen LogP contribution >= 0.6 is 12.2 Å². The molecule has 1 aliphatic rings. The van der Waals surface area contributed by atoms with Crippen LogP contribution in [0.2, 0.25) is 0 Å². The van der Waals surface area contributed by atoms with Gasteiger partial charge in [0, 0.05) is 13.1 Å². The van der Waals surface area contributed by atoms with Crippen molar-refractivity contribution in [2.75, 3.05) is 33.9 Å². The van der Waals surface area contributed by atoms with Gasteiger partial charge in [-0.3, -0.25) is 4.90 Å². The Hall–Kier alpha value is -2.31. The van der Waals surface area contributed by atoms with E-state index in [2.05, 4.69) is 27.7 Å². The summed E-state index contributed by atoms with van der Waals surface area (Å²) >= 11 is 5.53. The van der Waals surface area contributed by atoms with Crippen molar-refractivity contribution in [3.05, 3.63) is 59.7 Å². The Morgan fingerprint density at radius 1 is 0.897 bits per heavy atom. The van der Waals surface area contributed by atoms with Gasteiger partial charge in [0.05, 0.1) is 20.3 Å². The van der Waals surface area contributed by atoms with E-state index < -0.39 is 0 Å². The number of benzene rings is 2. The normalized spacial score (nSPS) is 15.4. The lowest BCUT2D eigenvalue weighted by Gasteiger charge is -2.35. The van der Waals surface area contributed by atoms with Crippen LogP contribution in [0.15, 0.2) is 48.5 Å². The van der Waals surface area contributed by atoms with Crippen molar-refractivity contribution in [2.45, 2.75) is 31.8 Å². The number of thiocarbonyl (C=S) groups is 1. The zero-order valence-electron chi connectivity index (χ0n) is 17.3. The van der Waals surface area contributed by atoms with Crippen LogP contribution in [0, 0.1) is 0 Å². The van der Waals surface area contributed by atoms with E-state index >= 15 is 0 Å². The Bertz CT molecular complexity index is 759. The van der Waals surface area contributed by atoms with Gasteiger partial charge in [-0.25, -0.2) is 0 Å². The highest BCUT2D eigenvalue weighted by atomic mass is 32.1. The van der Waals surface area contributed by atoms with Crippen LogP contribution in [0.4, 0.5) is 0 Å². The summed E-state index contributed by atoms with van der Waals surface area (Å²) < 4.78 is 10.5. The number of nitrogens with zero attached hydrogens (tertiary/aromatic N) is 1. The Labute approximate surface area is 179 Å². The molecule has 0 saturated carbocycles. The first-order valence-corrected chi connectivity index (χ1v) is 10.6. The number of piperidine rings is 1. The minimum absolute atomic E-state index is 0.293. The largest absolute Gasteiger partial charge is 0.497 e. The molecule has 156 valence electrons. The Kier molecular flexibility index (Phi) is 8.14. The second-order valence-corrected chi connectivity index (χ2v) is 7.71. The highest BCUT2D eigenvalue weighted by molar-refractivity contribution is 7.80. The molecule has 0 aromatic heterocycles. The lowest BCUT2D eigenvalue weighted by Crippen LogP contribution is -2.43. The molecule has 29 heavy (non-hydrogen) atoms. The first-order chi connectivity index (χ1) is 14.2. The second kappa shape index (κ2) is 11.0. The number of methoxy groups -OCH3 is 2. The molecule has 0 spiro atoms. The van der Waals surface area contributed by atoms with Crippen LogP contribution in [0.1, 0.15) is 36.4 Å². The summed E-state index contributed by atoms with van der Waals surface area (Å²) in [4.78, 5) is 2.56. The first-order valence-electron chi connectivity index (χ1n) is 10.2. The van der Waals surface area contributed by atoms with Crippen molar-refractivity contribution in [1.82, 2.24) is 15.5 Å². The van der Waals surface area contributed by atoms with E-state index in [0.29, 0.717) is 17.7 Å². The SMILES string of the molecule is COc1ccc(CNC(=S)NC[C@H](c2ccc(OC)cc2)N2CCCCC2)cc1. The third-order valence-corrected chi connectivity index (χ3v) is 5.69. The minimum Gasteiger partial charge on any atom is -0.497 e. The molecule has 0 radical (unpaired) electrons. The molecule has 1 aliphatic heterocycles. The zero-order chi connectivity index (χ0) is 20.5. The molecule has 0 aliphatic carbocycles.